The Morgan fingerprint density at radius 3 is 2.79 bits per heavy atom. The number of amides is 3. The van der Waals surface area contributed by atoms with Crippen LogP contribution in [0.5, 0.6) is 11.6 Å². The average molecular weight is 495 g/mol. The Morgan fingerprint density at radius 2 is 2.17 bits per heavy atom. The number of ether oxygens (including phenoxy) is 1. The van der Waals surface area contributed by atoms with Crippen LogP contribution in [0.1, 0.15) is 4.88 Å². The molecule has 0 aliphatic carbocycles. The van der Waals surface area contributed by atoms with Crippen LogP contribution in [0.2, 0.25) is 5.02 Å². The number of urea groups is 1. The van der Waals surface area contributed by atoms with Gasteiger partial charge in [0.15, 0.2) is 5.88 Å². The summed E-state index contributed by atoms with van der Waals surface area (Å²) < 4.78 is 7.39. The van der Waals surface area contributed by atoms with E-state index in [4.69, 9.17) is 16.3 Å². The van der Waals surface area contributed by atoms with Gasteiger partial charge in [-0.05, 0) is 40.2 Å². The maximum atomic E-state index is 12.6. The molecule has 29 heavy (non-hydrogen) atoms. The van der Waals surface area contributed by atoms with Gasteiger partial charge < -0.3 is 19.7 Å². The monoisotopic (exact) mass is 493 g/mol. The molecule has 2 aromatic heterocycles. The number of carbonyl (C=O) groups excluding carboxylic acids is 2. The molecule has 1 aromatic carbocycles. The van der Waals surface area contributed by atoms with Crippen molar-refractivity contribution >= 4 is 61.6 Å². The van der Waals surface area contributed by atoms with Gasteiger partial charge in [-0.2, -0.15) is 0 Å². The number of carbonyl (C=O) groups is 2. The first-order chi connectivity index (χ1) is 13.8. The van der Waals surface area contributed by atoms with Gasteiger partial charge >= 0.3 is 6.03 Å². The van der Waals surface area contributed by atoms with Crippen molar-refractivity contribution < 1.29 is 19.4 Å². The Morgan fingerprint density at radius 1 is 1.38 bits per heavy atom. The predicted molar refractivity (Wildman–Crippen MR) is 113 cm³/mol. The van der Waals surface area contributed by atoms with Crippen molar-refractivity contribution in [1.29, 1.82) is 0 Å². The number of benzene rings is 1. The number of rotatable bonds is 3. The maximum absolute atomic E-state index is 12.6. The van der Waals surface area contributed by atoms with Crippen molar-refractivity contribution in [1.82, 2.24) is 15.2 Å². The highest BCUT2D eigenvalue weighted by atomic mass is 79.9. The third kappa shape index (κ3) is 3.55. The fraction of sp³-hybridized carbons (Fsp3) is 0.158. The minimum atomic E-state index is -1.55. The number of imide groups is 1. The molecule has 4 rings (SSSR count). The summed E-state index contributed by atoms with van der Waals surface area (Å²) in [6, 6.07) is 6.27. The van der Waals surface area contributed by atoms with Crippen LogP contribution in [-0.2, 0) is 11.3 Å². The van der Waals surface area contributed by atoms with Crippen LogP contribution >= 0.6 is 38.9 Å². The first-order valence-corrected chi connectivity index (χ1v) is 10.3. The zero-order valence-corrected chi connectivity index (χ0v) is 18.0. The Bertz CT molecular complexity index is 1210. The van der Waals surface area contributed by atoms with E-state index < -0.39 is 17.5 Å². The van der Waals surface area contributed by atoms with Gasteiger partial charge in [0.05, 0.1) is 27.3 Å². The van der Waals surface area contributed by atoms with E-state index in [1.807, 2.05) is 0 Å². The molecule has 0 radical (unpaired) electrons. The standard InChI is InChI=1S/C19H13BrClN3O4S/c1-28-11-3-2-10-8-24(16(25)13(10)6-11)9-19(17(26)22-18(27)23-19)5-4-12-7-14(21)15(20)29-12/h2-3,6-8,25H,9H2,1H3,(H2,22,23,26,27)/t19-/m1/s1. The number of thiophene rings is 1. The lowest BCUT2D eigenvalue weighted by atomic mass is 10.0. The van der Waals surface area contributed by atoms with Crippen LogP contribution in [-0.4, -0.2) is 34.3 Å². The highest BCUT2D eigenvalue weighted by Gasteiger charge is 2.46. The summed E-state index contributed by atoms with van der Waals surface area (Å²) in [5, 5.41) is 17.3. The molecule has 3 aromatic rings. The van der Waals surface area contributed by atoms with E-state index in [0.29, 0.717) is 21.0 Å². The van der Waals surface area contributed by atoms with Gasteiger partial charge in [-0.25, -0.2) is 4.79 Å². The average Bonchev–Trinajstić information content (AvgIpc) is 3.27. The number of fused-ring (bicyclic) bond motifs is 1. The second-order valence-electron chi connectivity index (χ2n) is 6.33. The molecule has 3 heterocycles. The van der Waals surface area contributed by atoms with Crippen LogP contribution < -0.4 is 15.4 Å². The molecule has 1 aliphatic heterocycles. The van der Waals surface area contributed by atoms with Crippen molar-refractivity contribution in [3.05, 3.63) is 44.1 Å². The van der Waals surface area contributed by atoms with Crippen LogP contribution in [0.4, 0.5) is 4.79 Å². The van der Waals surface area contributed by atoms with E-state index in [0.717, 1.165) is 9.17 Å². The zero-order valence-electron chi connectivity index (χ0n) is 14.9. The van der Waals surface area contributed by atoms with E-state index >= 15 is 0 Å². The zero-order chi connectivity index (χ0) is 20.8. The number of nitrogens with one attached hydrogen (secondary N) is 2. The molecular weight excluding hydrogens is 482 g/mol. The molecule has 3 N–H and O–H groups in total. The van der Waals surface area contributed by atoms with E-state index in [9.17, 15) is 14.7 Å². The minimum absolute atomic E-state index is 0.0593. The van der Waals surface area contributed by atoms with E-state index in [2.05, 4.69) is 38.4 Å². The minimum Gasteiger partial charge on any atom is -0.497 e. The quantitative estimate of drug-likeness (QED) is 0.384. The van der Waals surface area contributed by atoms with Crippen LogP contribution in [0, 0.1) is 11.8 Å². The molecule has 10 heteroatoms. The molecule has 148 valence electrons. The number of hydrogen-bond acceptors (Lipinski definition) is 5. The van der Waals surface area contributed by atoms with E-state index in [1.54, 1.807) is 30.5 Å². The molecule has 0 spiro atoms. The molecule has 3 amide bonds. The number of halogens is 2. The van der Waals surface area contributed by atoms with Crippen LogP contribution in [0.3, 0.4) is 0 Å². The Labute approximate surface area is 182 Å². The number of aromatic nitrogens is 1. The van der Waals surface area contributed by atoms with Crippen molar-refractivity contribution in [2.24, 2.45) is 0 Å². The predicted octanol–water partition coefficient (Wildman–Crippen LogP) is 3.46. The van der Waals surface area contributed by atoms with Gasteiger partial charge in [-0.1, -0.05) is 23.4 Å². The van der Waals surface area contributed by atoms with E-state index in [-0.39, 0.29) is 12.4 Å². The molecule has 0 saturated carbocycles. The summed E-state index contributed by atoms with van der Waals surface area (Å²) in [5.74, 6) is 5.69. The lowest BCUT2D eigenvalue weighted by Crippen LogP contribution is -2.49. The number of aromatic hydroxyl groups is 1. The van der Waals surface area contributed by atoms with Gasteiger partial charge in [0.1, 0.15) is 5.75 Å². The maximum Gasteiger partial charge on any atom is 0.323 e. The van der Waals surface area contributed by atoms with Crippen molar-refractivity contribution in [2.75, 3.05) is 7.11 Å². The Kier molecular flexibility index (Phi) is 4.94. The summed E-state index contributed by atoms with van der Waals surface area (Å²) >= 11 is 10.7. The van der Waals surface area contributed by atoms with Crippen molar-refractivity contribution in [2.45, 2.75) is 12.1 Å². The normalized spacial score (nSPS) is 18.3. The van der Waals surface area contributed by atoms with Crippen molar-refractivity contribution in [3.63, 3.8) is 0 Å². The number of methoxy groups -OCH3 is 1. The summed E-state index contributed by atoms with van der Waals surface area (Å²) in [6.07, 6.45) is 1.68. The van der Waals surface area contributed by atoms with Gasteiger partial charge in [0.2, 0.25) is 5.54 Å². The second-order valence-corrected chi connectivity index (χ2v) is 9.11. The van der Waals surface area contributed by atoms with Gasteiger partial charge in [-0.3, -0.25) is 10.1 Å². The first-order valence-electron chi connectivity index (χ1n) is 8.29. The van der Waals surface area contributed by atoms with Gasteiger partial charge in [-0.15, -0.1) is 11.3 Å². The summed E-state index contributed by atoms with van der Waals surface area (Å²) in [6.45, 7) is -0.0827. The fourth-order valence-corrected chi connectivity index (χ4v) is 4.59. The molecule has 1 aliphatic rings. The largest absolute Gasteiger partial charge is 0.497 e. The van der Waals surface area contributed by atoms with Gasteiger partial charge in [0, 0.05) is 17.0 Å². The molecule has 7 nitrogen and oxygen atoms in total. The smallest absolute Gasteiger partial charge is 0.323 e. The number of nitrogens with zero attached hydrogens (tertiary/aromatic N) is 1. The number of hydrogen-bond donors (Lipinski definition) is 3. The molecule has 1 atom stereocenters. The summed E-state index contributed by atoms with van der Waals surface area (Å²) in [5.41, 5.74) is -1.55. The van der Waals surface area contributed by atoms with Crippen molar-refractivity contribution in [3.8, 4) is 23.5 Å². The van der Waals surface area contributed by atoms with Gasteiger partial charge in [0.25, 0.3) is 5.91 Å². The second kappa shape index (κ2) is 7.30. The molecule has 1 saturated heterocycles. The van der Waals surface area contributed by atoms with Crippen LogP contribution in [0.25, 0.3) is 10.8 Å². The molecule has 0 unspecified atom stereocenters. The lowest BCUT2D eigenvalue weighted by molar-refractivity contribution is -0.122. The molecule has 1 fully saturated rings. The third-order valence-electron chi connectivity index (χ3n) is 4.46. The highest BCUT2D eigenvalue weighted by molar-refractivity contribution is 9.11. The Balaban J connectivity index is 1.76. The topological polar surface area (TPSA) is 92.6 Å². The highest BCUT2D eigenvalue weighted by Crippen LogP contribution is 2.33. The summed E-state index contributed by atoms with van der Waals surface area (Å²) in [4.78, 5) is 25.1. The SMILES string of the molecule is COc1ccc2cn(C[C@@]3(C#Cc4cc(Cl)c(Br)s4)NC(=O)NC3=O)c(O)c2c1. The van der Waals surface area contributed by atoms with E-state index in [1.165, 1.54) is 23.0 Å². The molecular formula is C19H13BrClN3O4S. The molecule has 0 bridgehead atoms. The first kappa shape index (κ1) is 19.6. The lowest BCUT2D eigenvalue weighted by Gasteiger charge is -2.20. The third-order valence-corrected chi connectivity index (χ3v) is 6.85. The summed E-state index contributed by atoms with van der Waals surface area (Å²) in [7, 11) is 1.54. The van der Waals surface area contributed by atoms with Crippen LogP contribution in [0.15, 0.2) is 34.2 Å². The fourth-order valence-electron chi connectivity index (χ4n) is 3.04. The Hall–Kier alpha value is -2.67.